The fourth-order valence-electron chi connectivity index (χ4n) is 7.17. The average molecular weight is 462 g/mol. The minimum Gasteiger partial charge on any atom is -0.350 e. The maximum absolute atomic E-state index is 13.3. The molecule has 3 aromatic heterocycles. The summed E-state index contributed by atoms with van der Waals surface area (Å²) in [7, 11) is 0. The van der Waals surface area contributed by atoms with Gasteiger partial charge in [0.2, 0.25) is 5.82 Å². The number of aromatic amines is 1. The molecule has 4 aliphatic carbocycles. The number of nitrogens with one attached hydrogen (secondary N) is 2. The van der Waals surface area contributed by atoms with Crippen LogP contribution in [0.3, 0.4) is 0 Å². The van der Waals surface area contributed by atoms with E-state index in [2.05, 4.69) is 25.5 Å². The number of fused-ring (bicyclic) bond motifs is 1. The van der Waals surface area contributed by atoms with E-state index < -0.39 is 0 Å². The number of carbonyl (C=O) groups excluding carboxylic acids is 2. The van der Waals surface area contributed by atoms with E-state index in [1.807, 2.05) is 35.7 Å². The molecule has 178 valence electrons. The minimum atomic E-state index is -0.231. The zero-order valence-corrected chi connectivity index (χ0v) is 19.5. The Morgan fingerprint density at radius 3 is 2.56 bits per heavy atom. The second kappa shape index (κ2) is 8.21. The van der Waals surface area contributed by atoms with Crippen molar-refractivity contribution in [2.24, 2.45) is 23.2 Å². The Bertz CT molecular complexity index is 1180. The lowest BCUT2D eigenvalue weighted by atomic mass is 9.49. The van der Waals surface area contributed by atoms with Gasteiger partial charge in [-0.25, -0.2) is 9.97 Å². The first-order chi connectivity index (χ1) is 16.5. The molecule has 0 aromatic carbocycles. The molecule has 3 aromatic rings. The van der Waals surface area contributed by atoms with Crippen LogP contribution in [0.4, 0.5) is 0 Å². The second-order valence-corrected chi connectivity index (χ2v) is 10.6. The standard InChI is InChI=1S/C25H31N7O2/c1-2-31(24(34)22-27-15-28-30-22)12-19-13-32-20(4-3-5-21(32)29-19)23(33)26-14-25-9-16-6-17(10-25)8-18(7-16)11-25/h3-5,13,15-18H,2,6-12,14H2,1H3,(H,26,33)(H,27,28,30). The Morgan fingerprint density at radius 1 is 1.18 bits per heavy atom. The maximum atomic E-state index is 13.3. The molecule has 2 N–H and O–H groups in total. The lowest BCUT2D eigenvalue weighted by Gasteiger charge is -2.56. The molecule has 7 rings (SSSR count). The van der Waals surface area contributed by atoms with Crippen molar-refractivity contribution in [3.8, 4) is 0 Å². The van der Waals surface area contributed by atoms with Crippen LogP contribution in [0.25, 0.3) is 5.65 Å². The fraction of sp³-hybridized carbons (Fsp3) is 0.560. The predicted octanol–water partition coefficient (Wildman–Crippen LogP) is 3.06. The van der Waals surface area contributed by atoms with Crippen molar-refractivity contribution in [1.29, 1.82) is 0 Å². The summed E-state index contributed by atoms with van der Waals surface area (Å²) < 4.78 is 1.83. The number of nitrogens with zero attached hydrogens (tertiary/aromatic N) is 5. The molecule has 0 atom stereocenters. The van der Waals surface area contributed by atoms with Crippen molar-refractivity contribution in [2.45, 2.75) is 52.0 Å². The highest BCUT2D eigenvalue weighted by Crippen LogP contribution is 2.59. The fourth-order valence-corrected chi connectivity index (χ4v) is 7.17. The zero-order chi connectivity index (χ0) is 23.3. The summed E-state index contributed by atoms with van der Waals surface area (Å²) in [5.41, 5.74) is 2.28. The quantitative estimate of drug-likeness (QED) is 0.562. The van der Waals surface area contributed by atoms with Crippen molar-refractivity contribution < 1.29 is 9.59 Å². The molecule has 4 fully saturated rings. The third kappa shape index (κ3) is 3.76. The number of amides is 2. The summed E-state index contributed by atoms with van der Waals surface area (Å²) in [6, 6.07) is 5.58. The van der Waals surface area contributed by atoms with Gasteiger partial charge in [-0.15, -0.1) is 0 Å². The van der Waals surface area contributed by atoms with E-state index in [9.17, 15) is 9.59 Å². The molecule has 0 saturated heterocycles. The van der Waals surface area contributed by atoms with Crippen molar-refractivity contribution in [3.05, 3.63) is 47.9 Å². The van der Waals surface area contributed by atoms with Crippen LogP contribution >= 0.6 is 0 Å². The molecule has 4 bridgehead atoms. The molecular formula is C25H31N7O2. The zero-order valence-electron chi connectivity index (χ0n) is 19.5. The van der Waals surface area contributed by atoms with Crippen LogP contribution < -0.4 is 5.32 Å². The van der Waals surface area contributed by atoms with Crippen molar-refractivity contribution in [3.63, 3.8) is 0 Å². The average Bonchev–Trinajstić information content (AvgIpc) is 3.49. The summed E-state index contributed by atoms with van der Waals surface area (Å²) in [6.45, 7) is 3.51. The number of carbonyl (C=O) groups is 2. The molecule has 0 spiro atoms. The molecule has 9 nitrogen and oxygen atoms in total. The first-order valence-electron chi connectivity index (χ1n) is 12.4. The van der Waals surface area contributed by atoms with Gasteiger partial charge in [0.1, 0.15) is 17.7 Å². The van der Waals surface area contributed by atoms with Gasteiger partial charge in [0.05, 0.1) is 12.2 Å². The number of imidazole rings is 1. The molecule has 2 amide bonds. The molecular weight excluding hydrogens is 430 g/mol. The summed E-state index contributed by atoms with van der Waals surface area (Å²) in [6.07, 6.45) is 11.2. The monoisotopic (exact) mass is 461 g/mol. The molecule has 9 heteroatoms. The SMILES string of the molecule is CCN(Cc1cn2c(C(=O)NCC34CC5CC(CC(C5)C3)C4)cccc2n1)C(=O)c1ncn[nH]1. The Balaban J connectivity index is 1.18. The number of rotatable bonds is 7. The predicted molar refractivity (Wildman–Crippen MR) is 125 cm³/mol. The Morgan fingerprint density at radius 2 is 1.91 bits per heavy atom. The number of aromatic nitrogens is 5. The van der Waals surface area contributed by atoms with Crippen molar-refractivity contribution in [1.82, 2.24) is 34.8 Å². The van der Waals surface area contributed by atoms with Gasteiger partial charge in [-0.2, -0.15) is 5.10 Å². The number of hydrogen-bond donors (Lipinski definition) is 2. The van der Waals surface area contributed by atoms with E-state index in [1.54, 1.807) is 4.90 Å². The lowest BCUT2D eigenvalue weighted by Crippen LogP contribution is -2.51. The minimum absolute atomic E-state index is 0.0598. The first-order valence-corrected chi connectivity index (χ1v) is 12.4. The number of pyridine rings is 1. The number of hydrogen-bond acceptors (Lipinski definition) is 5. The van der Waals surface area contributed by atoms with E-state index in [1.165, 1.54) is 44.9 Å². The van der Waals surface area contributed by atoms with Gasteiger partial charge in [-0.05, 0) is 80.8 Å². The van der Waals surface area contributed by atoms with Crippen LogP contribution in [0, 0.1) is 23.2 Å². The normalized spacial score (nSPS) is 27.3. The topological polar surface area (TPSA) is 108 Å². The van der Waals surface area contributed by atoms with Gasteiger partial charge in [-0.1, -0.05) is 6.07 Å². The molecule has 4 saturated carbocycles. The van der Waals surface area contributed by atoms with Gasteiger partial charge in [-0.3, -0.25) is 19.1 Å². The van der Waals surface area contributed by atoms with Crippen LogP contribution in [0.15, 0.2) is 30.7 Å². The van der Waals surface area contributed by atoms with E-state index in [0.717, 1.165) is 30.0 Å². The summed E-state index contributed by atoms with van der Waals surface area (Å²) in [5, 5.41) is 9.65. The van der Waals surface area contributed by atoms with Crippen LogP contribution in [-0.4, -0.2) is 54.4 Å². The van der Waals surface area contributed by atoms with Crippen molar-refractivity contribution in [2.75, 3.05) is 13.1 Å². The van der Waals surface area contributed by atoms with Crippen LogP contribution in [0.2, 0.25) is 0 Å². The van der Waals surface area contributed by atoms with E-state index in [-0.39, 0.29) is 17.6 Å². The summed E-state index contributed by atoms with van der Waals surface area (Å²) in [4.78, 5) is 36.2. The largest absolute Gasteiger partial charge is 0.350 e. The van der Waals surface area contributed by atoms with Gasteiger partial charge in [0, 0.05) is 19.3 Å². The molecule has 34 heavy (non-hydrogen) atoms. The third-order valence-corrected chi connectivity index (χ3v) is 8.20. The molecule has 0 radical (unpaired) electrons. The van der Waals surface area contributed by atoms with E-state index in [0.29, 0.717) is 29.8 Å². The Labute approximate surface area is 198 Å². The van der Waals surface area contributed by atoms with E-state index >= 15 is 0 Å². The Kier molecular flexibility index (Phi) is 5.15. The van der Waals surface area contributed by atoms with Crippen LogP contribution in [0.5, 0.6) is 0 Å². The van der Waals surface area contributed by atoms with Crippen LogP contribution in [-0.2, 0) is 6.54 Å². The highest BCUT2D eigenvalue weighted by atomic mass is 16.2. The third-order valence-electron chi connectivity index (χ3n) is 8.20. The van der Waals surface area contributed by atoms with Gasteiger partial charge in [0.25, 0.3) is 11.8 Å². The molecule has 3 heterocycles. The molecule has 4 aliphatic rings. The molecule has 0 aliphatic heterocycles. The lowest BCUT2D eigenvalue weighted by molar-refractivity contribution is -0.0503. The van der Waals surface area contributed by atoms with E-state index in [4.69, 9.17) is 0 Å². The highest BCUT2D eigenvalue weighted by Gasteiger charge is 2.50. The Hall–Kier alpha value is -3.23. The van der Waals surface area contributed by atoms with Gasteiger partial charge in [0.15, 0.2) is 0 Å². The van der Waals surface area contributed by atoms with Gasteiger partial charge >= 0.3 is 0 Å². The second-order valence-electron chi connectivity index (χ2n) is 10.6. The number of H-pyrrole nitrogens is 1. The molecule has 0 unspecified atom stereocenters. The first kappa shape index (κ1) is 21.3. The van der Waals surface area contributed by atoms with Crippen LogP contribution in [0.1, 0.15) is 72.3 Å². The smallest absolute Gasteiger partial charge is 0.291 e. The highest BCUT2D eigenvalue weighted by molar-refractivity contribution is 5.93. The van der Waals surface area contributed by atoms with Gasteiger partial charge < -0.3 is 10.2 Å². The maximum Gasteiger partial charge on any atom is 0.291 e. The summed E-state index contributed by atoms with van der Waals surface area (Å²) >= 11 is 0. The van der Waals surface area contributed by atoms with Crippen molar-refractivity contribution >= 4 is 17.5 Å². The summed E-state index contributed by atoms with van der Waals surface area (Å²) in [5.74, 6) is 2.51.